The average Bonchev–Trinajstić information content (AvgIpc) is 3.29. The molecule has 190 valence electrons. The number of carbonyl (C=O) groups is 1. The lowest BCUT2D eigenvalue weighted by molar-refractivity contribution is -0.140. The van der Waals surface area contributed by atoms with Crippen molar-refractivity contribution < 1.29 is 9.90 Å². The van der Waals surface area contributed by atoms with E-state index >= 15 is 0 Å². The Balaban J connectivity index is 1.16. The Morgan fingerprint density at radius 2 is 1.72 bits per heavy atom. The molecule has 4 heterocycles. The molecule has 0 unspecified atom stereocenters. The second-order valence-electron chi connectivity index (χ2n) is 11.5. The van der Waals surface area contributed by atoms with E-state index in [0.29, 0.717) is 31.0 Å². The summed E-state index contributed by atoms with van der Waals surface area (Å²) in [5.74, 6) is 1.30. The highest BCUT2D eigenvalue weighted by atomic mass is 16.3. The van der Waals surface area contributed by atoms with Crippen molar-refractivity contribution in [2.24, 2.45) is 11.8 Å². The van der Waals surface area contributed by atoms with Crippen LogP contribution in [0, 0.1) is 11.8 Å². The quantitative estimate of drug-likeness (QED) is 0.596. The van der Waals surface area contributed by atoms with Crippen LogP contribution in [0.2, 0.25) is 0 Å². The van der Waals surface area contributed by atoms with E-state index < -0.39 is 5.60 Å². The fourth-order valence-corrected chi connectivity index (χ4v) is 6.10. The molecule has 1 N–H and O–H groups in total. The fourth-order valence-electron chi connectivity index (χ4n) is 6.10. The van der Waals surface area contributed by atoms with E-state index in [0.717, 1.165) is 66.9 Å². The third kappa shape index (κ3) is 4.08. The van der Waals surface area contributed by atoms with E-state index in [9.17, 15) is 9.90 Å². The Morgan fingerprint density at radius 3 is 2.36 bits per heavy atom. The number of piperazine rings is 1. The van der Waals surface area contributed by atoms with Crippen LogP contribution < -0.4 is 4.90 Å². The first-order valence-corrected chi connectivity index (χ1v) is 13.4. The van der Waals surface area contributed by atoms with E-state index in [1.165, 1.54) is 0 Å². The summed E-state index contributed by atoms with van der Waals surface area (Å²) in [6, 6.07) is 13.1. The van der Waals surface area contributed by atoms with Gasteiger partial charge in [-0.3, -0.25) is 9.69 Å². The highest BCUT2D eigenvalue weighted by Crippen LogP contribution is 2.36. The van der Waals surface area contributed by atoms with Crippen LogP contribution in [0.5, 0.6) is 0 Å². The second kappa shape index (κ2) is 8.89. The molecule has 0 bridgehead atoms. The largest absolute Gasteiger partial charge is 0.382 e. The zero-order valence-electron chi connectivity index (χ0n) is 21.6. The number of benzene rings is 1. The number of β-amino-alcohol motifs (C(OH)–C–C–N with tert-alkyl or cyclic N) is 1. The molecule has 1 aliphatic carbocycles. The van der Waals surface area contributed by atoms with Gasteiger partial charge in [-0.15, -0.1) is 0 Å². The van der Waals surface area contributed by atoms with Gasteiger partial charge < -0.3 is 14.9 Å². The summed E-state index contributed by atoms with van der Waals surface area (Å²) in [5, 5.41) is 15.5. The number of aromatic nitrogens is 2. The zero-order chi connectivity index (χ0) is 25.0. The van der Waals surface area contributed by atoms with Gasteiger partial charge in [0.15, 0.2) is 0 Å². The molecule has 7 nitrogen and oxygen atoms in total. The smallest absolute Gasteiger partial charge is 0.225 e. The number of anilines is 1. The molecule has 7 heteroatoms. The monoisotopic (exact) mass is 487 g/mol. The number of likely N-dealkylation sites (tertiary alicyclic amines) is 1. The Morgan fingerprint density at radius 1 is 1.03 bits per heavy atom. The Hall–Kier alpha value is -2.90. The van der Waals surface area contributed by atoms with Crippen LogP contribution in [0.4, 0.5) is 5.69 Å². The molecule has 0 spiro atoms. The number of nitrogens with zero attached hydrogens (tertiary/aromatic N) is 5. The number of carbonyl (C=O) groups excluding carboxylic acids is 1. The minimum absolute atomic E-state index is 0.248. The topological polar surface area (TPSA) is 64.3 Å². The van der Waals surface area contributed by atoms with Gasteiger partial charge in [-0.1, -0.05) is 31.2 Å². The Labute approximate surface area is 213 Å². The van der Waals surface area contributed by atoms with Gasteiger partial charge in [0, 0.05) is 69.2 Å². The molecule has 36 heavy (non-hydrogen) atoms. The summed E-state index contributed by atoms with van der Waals surface area (Å²) in [5.41, 5.74) is 4.70. The number of amides is 1. The molecular weight excluding hydrogens is 450 g/mol. The lowest BCUT2D eigenvalue weighted by Gasteiger charge is -2.49. The lowest BCUT2D eigenvalue weighted by Crippen LogP contribution is -2.61. The predicted octanol–water partition coefficient (Wildman–Crippen LogP) is 3.61. The average molecular weight is 488 g/mol. The lowest BCUT2D eigenvalue weighted by atomic mass is 9.75. The van der Waals surface area contributed by atoms with Crippen LogP contribution in [-0.4, -0.2) is 75.7 Å². The van der Waals surface area contributed by atoms with Crippen molar-refractivity contribution in [1.29, 1.82) is 0 Å². The van der Waals surface area contributed by atoms with Gasteiger partial charge in [0.1, 0.15) is 5.60 Å². The molecule has 3 aliphatic rings. The molecule has 3 aromatic rings. The predicted molar refractivity (Wildman–Crippen MR) is 142 cm³/mol. The molecule has 1 saturated carbocycles. The van der Waals surface area contributed by atoms with E-state index in [-0.39, 0.29) is 5.92 Å². The number of hydrogen-bond donors (Lipinski definition) is 1. The van der Waals surface area contributed by atoms with E-state index in [4.69, 9.17) is 0 Å². The number of fused-ring (bicyclic) bond motifs is 1. The van der Waals surface area contributed by atoms with Gasteiger partial charge in [-0.2, -0.15) is 5.10 Å². The van der Waals surface area contributed by atoms with Crippen molar-refractivity contribution in [3.8, 4) is 11.1 Å². The molecule has 2 aromatic heterocycles. The van der Waals surface area contributed by atoms with Gasteiger partial charge in [-0.25, -0.2) is 4.52 Å². The molecule has 3 fully saturated rings. The molecule has 2 saturated heterocycles. The van der Waals surface area contributed by atoms with Crippen LogP contribution in [0.25, 0.3) is 16.6 Å². The fraction of sp³-hybridized carbons (Fsp3) is 0.517. The van der Waals surface area contributed by atoms with Gasteiger partial charge in [0.05, 0.1) is 11.2 Å². The van der Waals surface area contributed by atoms with Crippen molar-refractivity contribution in [3.05, 3.63) is 54.4 Å². The molecule has 1 amide bonds. The highest BCUT2D eigenvalue weighted by Gasteiger charge is 2.43. The zero-order valence-corrected chi connectivity index (χ0v) is 21.6. The first-order valence-electron chi connectivity index (χ1n) is 13.4. The summed E-state index contributed by atoms with van der Waals surface area (Å²) in [4.78, 5) is 19.5. The minimum Gasteiger partial charge on any atom is -0.382 e. The number of rotatable bonds is 5. The van der Waals surface area contributed by atoms with Crippen molar-refractivity contribution in [3.63, 3.8) is 0 Å². The maximum absolute atomic E-state index is 12.8. The third-order valence-electron chi connectivity index (χ3n) is 8.56. The summed E-state index contributed by atoms with van der Waals surface area (Å²) >= 11 is 0. The van der Waals surface area contributed by atoms with Crippen molar-refractivity contribution in [2.45, 2.75) is 45.3 Å². The molecular formula is C29H37N5O2. The summed E-state index contributed by atoms with van der Waals surface area (Å²) in [6.45, 7) is 11.2. The Bertz CT molecular complexity index is 1250. The maximum Gasteiger partial charge on any atom is 0.225 e. The van der Waals surface area contributed by atoms with Crippen LogP contribution >= 0.6 is 0 Å². The van der Waals surface area contributed by atoms with Crippen LogP contribution in [0.15, 0.2) is 48.8 Å². The summed E-state index contributed by atoms with van der Waals surface area (Å²) < 4.78 is 1.95. The summed E-state index contributed by atoms with van der Waals surface area (Å²) in [7, 11) is 0. The first-order chi connectivity index (χ1) is 17.3. The number of hydrogen-bond acceptors (Lipinski definition) is 5. The first kappa shape index (κ1) is 23.5. The van der Waals surface area contributed by atoms with Gasteiger partial charge in [0.25, 0.3) is 0 Å². The molecule has 6 rings (SSSR count). The van der Waals surface area contributed by atoms with Crippen LogP contribution in [0.3, 0.4) is 0 Å². The third-order valence-corrected chi connectivity index (χ3v) is 8.56. The molecule has 0 atom stereocenters. The standard InChI is InChI=1S/C29H37N5O2/c1-20(2)33-18-29(36,19-33)25-6-4-22(5-7-25)24-16-27-26(8-9-30-34(27)17-24)31-10-12-32(13-11-31)28(35)23-14-21(3)15-23/h4-9,16-17,20-21,23,36H,10-15,18-19H2,1-3H3. The van der Waals surface area contributed by atoms with Crippen molar-refractivity contribution >= 4 is 17.1 Å². The highest BCUT2D eigenvalue weighted by molar-refractivity contribution is 5.82. The van der Waals surface area contributed by atoms with Crippen molar-refractivity contribution in [2.75, 3.05) is 44.2 Å². The SMILES string of the molecule is CC1CC(C(=O)N2CCN(c3ccnn4cc(-c5ccc(C6(O)CN(C(C)C)C6)cc5)cc34)CC2)C1. The van der Waals surface area contributed by atoms with Crippen LogP contribution in [0.1, 0.15) is 39.2 Å². The molecule has 1 aromatic carbocycles. The van der Waals surface area contributed by atoms with E-state index in [1.807, 2.05) is 10.7 Å². The summed E-state index contributed by atoms with van der Waals surface area (Å²) in [6.07, 6.45) is 6.03. The van der Waals surface area contributed by atoms with Crippen molar-refractivity contribution in [1.82, 2.24) is 19.4 Å². The number of aliphatic hydroxyl groups is 1. The van der Waals surface area contributed by atoms with E-state index in [1.54, 1.807) is 0 Å². The molecule has 0 radical (unpaired) electrons. The van der Waals surface area contributed by atoms with Crippen LogP contribution in [-0.2, 0) is 10.4 Å². The van der Waals surface area contributed by atoms with Gasteiger partial charge >= 0.3 is 0 Å². The second-order valence-corrected chi connectivity index (χ2v) is 11.5. The van der Waals surface area contributed by atoms with Gasteiger partial charge in [-0.05, 0) is 55.9 Å². The Kier molecular flexibility index (Phi) is 5.80. The maximum atomic E-state index is 12.8. The molecule has 2 aliphatic heterocycles. The minimum atomic E-state index is -0.747. The van der Waals surface area contributed by atoms with E-state index in [2.05, 4.69) is 83.2 Å². The van der Waals surface area contributed by atoms with Gasteiger partial charge in [0.2, 0.25) is 5.91 Å². The normalized spacial score (nSPS) is 24.1.